The van der Waals surface area contributed by atoms with Crippen molar-refractivity contribution in [3.05, 3.63) is 0 Å². The van der Waals surface area contributed by atoms with E-state index in [0.717, 1.165) is 0 Å². The van der Waals surface area contributed by atoms with E-state index < -0.39 is 0 Å². The van der Waals surface area contributed by atoms with E-state index in [1.54, 1.807) is 11.8 Å². The Morgan fingerprint density at radius 2 is 2.31 bits per heavy atom. The number of hydrogen-bond donors (Lipinski definition) is 0. The van der Waals surface area contributed by atoms with E-state index in [1.165, 1.54) is 0 Å². The Hall–Kier alpha value is -1.06. The topological polar surface area (TPSA) is 46.6 Å². The van der Waals surface area contributed by atoms with E-state index in [0.29, 0.717) is 26.1 Å². The van der Waals surface area contributed by atoms with Crippen LogP contribution in [0.1, 0.15) is 20.3 Å². The molecule has 0 saturated carbocycles. The van der Waals surface area contributed by atoms with Crippen LogP contribution in [-0.2, 0) is 14.3 Å². The molecular formula is C9H15NO3. The summed E-state index contributed by atoms with van der Waals surface area (Å²) >= 11 is 0. The van der Waals surface area contributed by atoms with Gasteiger partial charge in [-0.2, -0.15) is 0 Å². The highest BCUT2D eigenvalue weighted by Gasteiger charge is 2.34. The minimum absolute atomic E-state index is 0.0561. The van der Waals surface area contributed by atoms with Gasteiger partial charge in [0.15, 0.2) is 0 Å². The van der Waals surface area contributed by atoms with Crippen molar-refractivity contribution in [3.8, 4) is 0 Å². The molecular weight excluding hydrogens is 170 g/mol. The molecule has 0 spiro atoms. The molecule has 0 aliphatic carbocycles. The standard InChI is InChI=1S/C9H15NO3/c1-3-10-6-7(5-8(10)11)9(12)13-4-2/h7H,3-6H2,1-2H3. The lowest BCUT2D eigenvalue weighted by atomic mass is 10.1. The van der Waals surface area contributed by atoms with Crippen LogP contribution in [-0.4, -0.2) is 36.5 Å². The van der Waals surface area contributed by atoms with E-state index in [9.17, 15) is 9.59 Å². The Morgan fingerprint density at radius 1 is 1.62 bits per heavy atom. The van der Waals surface area contributed by atoms with Gasteiger partial charge in [0.25, 0.3) is 0 Å². The normalized spacial score (nSPS) is 22.2. The fraction of sp³-hybridized carbons (Fsp3) is 0.778. The highest BCUT2D eigenvalue weighted by molar-refractivity contribution is 5.86. The Labute approximate surface area is 77.8 Å². The number of amides is 1. The zero-order chi connectivity index (χ0) is 9.84. The molecule has 1 aliphatic rings. The first-order valence-corrected chi connectivity index (χ1v) is 4.63. The molecule has 4 heteroatoms. The quantitative estimate of drug-likeness (QED) is 0.598. The Balaban J connectivity index is 2.48. The first-order chi connectivity index (χ1) is 6.19. The van der Waals surface area contributed by atoms with Gasteiger partial charge < -0.3 is 9.64 Å². The molecule has 1 atom stereocenters. The van der Waals surface area contributed by atoms with Crippen LogP contribution < -0.4 is 0 Å². The molecule has 0 aromatic rings. The molecule has 1 amide bonds. The number of carbonyl (C=O) groups is 2. The van der Waals surface area contributed by atoms with Crippen LogP contribution in [0.4, 0.5) is 0 Å². The third-order valence-corrected chi connectivity index (χ3v) is 2.22. The zero-order valence-corrected chi connectivity index (χ0v) is 8.08. The van der Waals surface area contributed by atoms with Gasteiger partial charge in [0.2, 0.25) is 5.91 Å². The van der Waals surface area contributed by atoms with Crippen LogP contribution in [0.2, 0.25) is 0 Å². The molecule has 1 heterocycles. The lowest BCUT2D eigenvalue weighted by molar-refractivity contribution is -0.147. The Bertz CT molecular complexity index is 215. The molecule has 0 aromatic heterocycles. The van der Waals surface area contributed by atoms with Crippen molar-refractivity contribution in [2.24, 2.45) is 5.92 Å². The maximum absolute atomic E-state index is 11.3. The van der Waals surface area contributed by atoms with Gasteiger partial charge in [-0.15, -0.1) is 0 Å². The predicted octanol–water partition coefficient (Wildman–Crippen LogP) is 0.418. The Morgan fingerprint density at radius 3 is 2.77 bits per heavy atom. The maximum Gasteiger partial charge on any atom is 0.311 e. The average molecular weight is 185 g/mol. The van der Waals surface area contributed by atoms with Crippen molar-refractivity contribution >= 4 is 11.9 Å². The molecule has 0 radical (unpaired) electrons. The number of ether oxygens (including phenoxy) is 1. The highest BCUT2D eigenvalue weighted by Crippen LogP contribution is 2.18. The van der Waals surface area contributed by atoms with Crippen LogP contribution >= 0.6 is 0 Å². The molecule has 74 valence electrons. The summed E-state index contributed by atoms with van der Waals surface area (Å²) in [5.74, 6) is -0.431. The third kappa shape index (κ3) is 2.20. The van der Waals surface area contributed by atoms with Crippen LogP contribution in [0.5, 0.6) is 0 Å². The van der Waals surface area contributed by atoms with Gasteiger partial charge in [-0.05, 0) is 13.8 Å². The van der Waals surface area contributed by atoms with Crippen LogP contribution in [0.3, 0.4) is 0 Å². The summed E-state index contributed by atoms with van der Waals surface area (Å²) in [6.45, 7) is 5.26. The van der Waals surface area contributed by atoms with E-state index in [2.05, 4.69) is 0 Å². The molecule has 1 aliphatic heterocycles. The van der Waals surface area contributed by atoms with E-state index in [1.807, 2.05) is 6.92 Å². The van der Waals surface area contributed by atoms with Gasteiger partial charge in [-0.25, -0.2) is 0 Å². The fourth-order valence-corrected chi connectivity index (χ4v) is 1.50. The lowest BCUT2D eigenvalue weighted by Gasteiger charge is -2.12. The van der Waals surface area contributed by atoms with Crippen LogP contribution in [0.15, 0.2) is 0 Å². The fourth-order valence-electron chi connectivity index (χ4n) is 1.50. The van der Waals surface area contributed by atoms with Crippen LogP contribution in [0, 0.1) is 5.92 Å². The smallest absolute Gasteiger partial charge is 0.311 e. The zero-order valence-electron chi connectivity index (χ0n) is 8.08. The minimum Gasteiger partial charge on any atom is -0.466 e. The monoisotopic (exact) mass is 185 g/mol. The summed E-state index contributed by atoms with van der Waals surface area (Å²) in [5.41, 5.74) is 0. The summed E-state index contributed by atoms with van der Waals surface area (Å²) in [4.78, 5) is 24.2. The number of rotatable bonds is 3. The summed E-state index contributed by atoms with van der Waals surface area (Å²) in [7, 11) is 0. The number of hydrogen-bond acceptors (Lipinski definition) is 3. The van der Waals surface area contributed by atoms with Crippen molar-refractivity contribution < 1.29 is 14.3 Å². The van der Waals surface area contributed by atoms with E-state index in [4.69, 9.17) is 4.74 Å². The molecule has 13 heavy (non-hydrogen) atoms. The minimum atomic E-state index is -0.244. The van der Waals surface area contributed by atoms with Crippen molar-refractivity contribution in [2.45, 2.75) is 20.3 Å². The Kier molecular flexibility index (Phi) is 3.28. The van der Waals surface area contributed by atoms with Gasteiger partial charge in [0.05, 0.1) is 12.5 Å². The van der Waals surface area contributed by atoms with Crippen molar-refractivity contribution in [1.82, 2.24) is 4.90 Å². The molecule has 0 N–H and O–H groups in total. The van der Waals surface area contributed by atoms with Gasteiger partial charge in [0.1, 0.15) is 0 Å². The first kappa shape index (κ1) is 10.0. The van der Waals surface area contributed by atoms with Gasteiger partial charge in [-0.3, -0.25) is 9.59 Å². The second kappa shape index (κ2) is 4.25. The first-order valence-electron chi connectivity index (χ1n) is 4.63. The summed E-state index contributed by atoms with van der Waals surface area (Å²) in [5, 5.41) is 0. The summed E-state index contributed by atoms with van der Waals surface area (Å²) < 4.78 is 4.85. The van der Waals surface area contributed by atoms with Gasteiger partial charge >= 0.3 is 5.97 Å². The average Bonchev–Trinajstić information content (AvgIpc) is 2.47. The van der Waals surface area contributed by atoms with Crippen molar-refractivity contribution in [2.75, 3.05) is 19.7 Å². The summed E-state index contributed by atoms with van der Waals surface area (Å²) in [6.07, 6.45) is 0.312. The molecule has 1 rings (SSSR count). The number of likely N-dealkylation sites (tertiary alicyclic amines) is 1. The largest absolute Gasteiger partial charge is 0.466 e. The molecule has 1 unspecified atom stereocenters. The molecule has 1 fully saturated rings. The third-order valence-electron chi connectivity index (χ3n) is 2.22. The lowest BCUT2D eigenvalue weighted by Crippen LogP contribution is -2.26. The maximum atomic E-state index is 11.3. The van der Waals surface area contributed by atoms with E-state index in [-0.39, 0.29) is 17.8 Å². The highest BCUT2D eigenvalue weighted by atomic mass is 16.5. The van der Waals surface area contributed by atoms with Crippen LogP contribution in [0.25, 0.3) is 0 Å². The number of carbonyl (C=O) groups excluding carboxylic acids is 2. The SMILES string of the molecule is CCOC(=O)C1CC(=O)N(CC)C1. The van der Waals surface area contributed by atoms with E-state index >= 15 is 0 Å². The summed E-state index contributed by atoms with van der Waals surface area (Å²) in [6, 6.07) is 0. The van der Waals surface area contributed by atoms with Gasteiger partial charge in [-0.1, -0.05) is 0 Å². The van der Waals surface area contributed by atoms with Gasteiger partial charge in [0, 0.05) is 19.5 Å². The molecule has 0 aromatic carbocycles. The molecule has 0 bridgehead atoms. The molecule has 1 saturated heterocycles. The number of nitrogens with zero attached hydrogens (tertiary/aromatic N) is 1. The molecule has 4 nitrogen and oxygen atoms in total. The number of esters is 1. The second-order valence-electron chi connectivity index (χ2n) is 3.09. The van der Waals surface area contributed by atoms with Crippen molar-refractivity contribution in [1.29, 1.82) is 0 Å². The predicted molar refractivity (Wildman–Crippen MR) is 47.0 cm³/mol. The van der Waals surface area contributed by atoms with Crippen molar-refractivity contribution in [3.63, 3.8) is 0 Å². The second-order valence-corrected chi connectivity index (χ2v) is 3.09.